The first kappa shape index (κ1) is 16.9. The van der Waals surface area contributed by atoms with E-state index in [1.165, 1.54) is 0 Å². The lowest BCUT2D eigenvalue weighted by Gasteiger charge is -2.38. The molecule has 0 unspecified atom stereocenters. The molecule has 2 aromatic carbocycles. The maximum Gasteiger partial charge on any atom is 0.365 e. The van der Waals surface area contributed by atoms with Crippen molar-refractivity contribution in [2.75, 3.05) is 6.61 Å². The largest absolute Gasteiger partial charge is 0.461 e. The van der Waals surface area contributed by atoms with Gasteiger partial charge in [0.25, 0.3) is 0 Å². The lowest BCUT2D eigenvalue weighted by atomic mass is 9.69. The van der Waals surface area contributed by atoms with Gasteiger partial charge in [-0.25, -0.2) is 9.59 Å². The topological polar surface area (TPSA) is 65.0 Å². The Balaban J connectivity index is 1.46. The van der Waals surface area contributed by atoms with Crippen LogP contribution in [0, 0.1) is 5.41 Å². The molecule has 25 heavy (non-hydrogen) atoms. The Hall–Kier alpha value is -2.95. The summed E-state index contributed by atoms with van der Waals surface area (Å²) in [5.74, 6) is -0.806. The quantitative estimate of drug-likeness (QED) is 0.472. The van der Waals surface area contributed by atoms with Gasteiger partial charge in [-0.2, -0.15) is 0 Å². The van der Waals surface area contributed by atoms with Crippen LogP contribution in [0.4, 0.5) is 0 Å². The third kappa shape index (κ3) is 4.32. The second-order valence-corrected chi connectivity index (χ2v) is 6.51. The van der Waals surface area contributed by atoms with Crippen molar-refractivity contribution >= 4 is 17.7 Å². The van der Waals surface area contributed by atoms with Gasteiger partial charge in [-0.05, 0) is 37.1 Å². The lowest BCUT2D eigenvalue weighted by Crippen LogP contribution is -2.39. The number of esters is 1. The standard InChI is InChI=1S/C20H19NO4/c1-20(14-24-18(22)15-8-4-2-5-9-15)12-17(13-20)21-25-19(23)16-10-6-3-7-11-16/h2-11H,12-14H2,1H3. The fraction of sp³-hybridized carbons (Fsp3) is 0.250. The van der Waals surface area contributed by atoms with Gasteiger partial charge in [0.1, 0.15) is 0 Å². The molecule has 0 amide bonds. The number of nitrogens with zero attached hydrogens (tertiary/aromatic N) is 1. The van der Waals surface area contributed by atoms with Crippen molar-refractivity contribution < 1.29 is 19.2 Å². The van der Waals surface area contributed by atoms with Crippen LogP contribution < -0.4 is 0 Å². The minimum atomic E-state index is -0.475. The van der Waals surface area contributed by atoms with E-state index in [0.29, 0.717) is 30.6 Å². The molecule has 0 aromatic heterocycles. The van der Waals surface area contributed by atoms with E-state index in [1.807, 2.05) is 19.1 Å². The molecular formula is C20H19NO4. The molecule has 1 aliphatic carbocycles. The molecular weight excluding hydrogens is 318 g/mol. The van der Waals surface area contributed by atoms with Crippen molar-refractivity contribution in [2.24, 2.45) is 10.6 Å². The van der Waals surface area contributed by atoms with E-state index in [-0.39, 0.29) is 11.4 Å². The molecule has 0 saturated heterocycles. The van der Waals surface area contributed by atoms with E-state index >= 15 is 0 Å². The number of ether oxygens (including phenoxy) is 1. The predicted molar refractivity (Wildman–Crippen MR) is 93.4 cm³/mol. The molecule has 128 valence electrons. The number of benzene rings is 2. The molecule has 0 spiro atoms. The highest BCUT2D eigenvalue weighted by Gasteiger charge is 2.39. The zero-order valence-corrected chi connectivity index (χ0v) is 14.0. The van der Waals surface area contributed by atoms with Gasteiger partial charge in [-0.1, -0.05) is 48.5 Å². The van der Waals surface area contributed by atoms with Crippen LogP contribution in [0.3, 0.4) is 0 Å². The summed E-state index contributed by atoms with van der Waals surface area (Å²) < 4.78 is 5.38. The fourth-order valence-corrected chi connectivity index (χ4v) is 2.73. The van der Waals surface area contributed by atoms with Crippen LogP contribution in [0.15, 0.2) is 65.8 Å². The molecule has 5 heteroatoms. The van der Waals surface area contributed by atoms with Crippen molar-refractivity contribution in [3.8, 4) is 0 Å². The van der Waals surface area contributed by atoms with Crippen LogP contribution in [-0.4, -0.2) is 24.3 Å². The van der Waals surface area contributed by atoms with Gasteiger partial charge in [0.15, 0.2) is 0 Å². The second-order valence-electron chi connectivity index (χ2n) is 6.51. The monoisotopic (exact) mass is 337 g/mol. The van der Waals surface area contributed by atoms with E-state index in [4.69, 9.17) is 9.57 Å². The SMILES string of the molecule is CC1(COC(=O)c2ccccc2)CC(=NOC(=O)c2ccccc2)C1. The molecule has 2 aromatic rings. The molecule has 0 atom stereocenters. The zero-order chi connectivity index (χ0) is 17.7. The summed E-state index contributed by atoms with van der Waals surface area (Å²) >= 11 is 0. The smallest absolute Gasteiger partial charge is 0.365 e. The van der Waals surface area contributed by atoms with Gasteiger partial charge < -0.3 is 9.57 Å². The Labute approximate surface area is 146 Å². The van der Waals surface area contributed by atoms with Gasteiger partial charge in [-0.3, -0.25) is 0 Å². The number of carbonyl (C=O) groups excluding carboxylic acids is 2. The van der Waals surface area contributed by atoms with Crippen molar-refractivity contribution in [2.45, 2.75) is 19.8 Å². The highest BCUT2D eigenvalue weighted by atomic mass is 16.7. The summed E-state index contributed by atoms with van der Waals surface area (Å²) in [6.07, 6.45) is 1.27. The first-order chi connectivity index (χ1) is 12.1. The van der Waals surface area contributed by atoms with E-state index < -0.39 is 5.97 Å². The third-order valence-electron chi connectivity index (χ3n) is 4.09. The van der Waals surface area contributed by atoms with Crippen LogP contribution in [0.5, 0.6) is 0 Å². The van der Waals surface area contributed by atoms with Crippen molar-refractivity contribution in [3.63, 3.8) is 0 Å². The van der Waals surface area contributed by atoms with Crippen LogP contribution >= 0.6 is 0 Å². The second kappa shape index (κ2) is 7.30. The van der Waals surface area contributed by atoms with Crippen molar-refractivity contribution in [3.05, 3.63) is 71.8 Å². The zero-order valence-electron chi connectivity index (χ0n) is 14.0. The number of hydrogen-bond acceptors (Lipinski definition) is 5. The summed E-state index contributed by atoms with van der Waals surface area (Å²) in [6.45, 7) is 2.33. The van der Waals surface area contributed by atoms with Gasteiger partial charge >= 0.3 is 11.9 Å². The first-order valence-electron chi connectivity index (χ1n) is 8.10. The molecule has 0 radical (unpaired) electrons. The number of rotatable bonds is 5. The average molecular weight is 337 g/mol. The highest BCUT2D eigenvalue weighted by molar-refractivity contribution is 5.94. The van der Waals surface area contributed by atoms with Crippen molar-refractivity contribution in [1.82, 2.24) is 0 Å². The minimum Gasteiger partial charge on any atom is -0.461 e. The number of hydrogen-bond donors (Lipinski definition) is 0. The number of oxime groups is 1. The molecule has 0 aliphatic heterocycles. The molecule has 0 heterocycles. The lowest BCUT2D eigenvalue weighted by molar-refractivity contribution is 0.0278. The first-order valence-corrected chi connectivity index (χ1v) is 8.10. The Morgan fingerprint density at radius 1 is 0.920 bits per heavy atom. The van der Waals surface area contributed by atoms with E-state index in [2.05, 4.69) is 5.16 Å². The average Bonchev–Trinajstić information content (AvgIpc) is 2.63. The normalized spacial score (nSPS) is 18.8. The highest BCUT2D eigenvalue weighted by Crippen LogP contribution is 2.38. The molecule has 3 rings (SSSR count). The Morgan fingerprint density at radius 2 is 1.44 bits per heavy atom. The maximum absolute atomic E-state index is 12.0. The van der Waals surface area contributed by atoms with E-state index in [0.717, 1.165) is 5.71 Å². The maximum atomic E-state index is 12.0. The Kier molecular flexibility index (Phi) is 4.93. The van der Waals surface area contributed by atoms with Crippen LogP contribution in [0.2, 0.25) is 0 Å². The summed E-state index contributed by atoms with van der Waals surface area (Å²) in [6, 6.07) is 17.6. The van der Waals surface area contributed by atoms with Gasteiger partial charge in [-0.15, -0.1) is 0 Å². The molecule has 1 aliphatic rings. The van der Waals surface area contributed by atoms with Crippen LogP contribution in [-0.2, 0) is 9.57 Å². The Bertz CT molecular complexity index is 776. The predicted octanol–water partition coefficient (Wildman–Crippen LogP) is 3.86. The number of carbonyl (C=O) groups is 2. The molecule has 1 saturated carbocycles. The molecule has 5 nitrogen and oxygen atoms in total. The van der Waals surface area contributed by atoms with Gasteiger partial charge in [0.05, 0.1) is 23.4 Å². The van der Waals surface area contributed by atoms with Crippen LogP contribution in [0.25, 0.3) is 0 Å². The third-order valence-corrected chi connectivity index (χ3v) is 4.09. The fourth-order valence-electron chi connectivity index (χ4n) is 2.73. The summed E-state index contributed by atoms with van der Waals surface area (Å²) in [5.41, 5.74) is 1.63. The summed E-state index contributed by atoms with van der Waals surface area (Å²) in [5, 5.41) is 3.91. The van der Waals surface area contributed by atoms with Gasteiger partial charge in [0.2, 0.25) is 0 Å². The van der Waals surface area contributed by atoms with Crippen molar-refractivity contribution in [1.29, 1.82) is 0 Å². The summed E-state index contributed by atoms with van der Waals surface area (Å²) in [7, 11) is 0. The molecule has 0 bridgehead atoms. The molecule has 1 fully saturated rings. The minimum absolute atomic E-state index is 0.164. The Morgan fingerprint density at radius 3 is 2.00 bits per heavy atom. The molecule has 0 N–H and O–H groups in total. The summed E-state index contributed by atoms with van der Waals surface area (Å²) in [4.78, 5) is 28.7. The van der Waals surface area contributed by atoms with Crippen LogP contribution in [0.1, 0.15) is 40.5 Å². The van der Waals surface area contributed by atoms with E-state index in [1.54, 1.807) is 48.5 Å². The van der Waals surface area contributed by atoms with Gasteiger partial charge in [0, 0.05) is 5.41 Å². The van der Waals surface area contributed by atoms with E-state index in [9.17, 15) is 9.59 Å².